The number of para-hydroxylation sites is 1. The summed E-state index contributed by atoms with van der Waals surface area (Å²) in [5.41, 5.74) is 2.93. The standard InChI is InChI=1S/C21H24N4O2/c26-12-11-24(17-7-3-1-4-8-17)21(27)16-13-19-20(22-14-16)25(15-23-19)18-9-5-2-6-10-18/h2,5-6,9-10,13-15,17,26H,1,3-4,7-8,11-12H2. The second-order valence-corrected chi connectivity index (χ2v) is 7.03. The van der Waals surface area contributed by atoms with Crippen LogP contribution in [-0.2, 0) is 0 Å². The Balaban J connectivity index is 1.64. The van der Waals surface area contributed by atoms with Crippen molar-refractivity contribution >= 4 is 17.1 Å². The van der Waals surface area contributed by atoms with Crippen LogP contribution in [0.4, 0.5) is 0 Å². The normalized spacial score (nSPS) is 15.1. The van der Waals surface area contributed by atoms with E-state index in [-0.39, 0.29) is 18.6 Å². The molecule has 0 aliphatic heterocycles. The number of carbonyl (C=O) groups is 1. The Morgan fingerprint density at radius 3 is 2.67 bits per heavy atom. The highest BCUT2D eigenvalue weighted by Crippen LogP contribution is 2.25. The van der Waals surface area contributed by atoms with Crippen LogP contribution in [0.3, 0.4) is 0 Å². The summed E-state index contributed by atoms with van der Waals surface area (Å²) >= 11 is 0. The van der Waals surface area contributed by atoms with Crippen LogP contribution in [-0.4, -0.2) is 49.6 Å². The number of aliphatic hydroxyl groups excluding tert-OH is 1. The Kier molecular flexibility index (Phi) is 5.16. The largest absolute Gasteiger partial charge is 0.395 e. The summed E-state index contributed by atoms with van der Waals surface area (Å²) in [6.45, 7) is 0.334. The predicted molar refractivity (Wildman–Crippen MR) is 104 cm³/mol. The molecule has 6 heteroatoms. The van der Waals surface area contributed by atoms with E-state index in [1.165, 1.54) is 6.42 Å². The van der Waals surface area contributed by atoms with E-state index >= 15 is 0 Å². The van der Waals surface area contributed by atoms with Crippen molar-refractivity contribution in [3.8, 4) is 5.69 Å². The smallest absolute Gasteiger partial charge is 0.255 e. The molecule has 0 saturated heterocycles. The molecule has 140 valence electrons. The molecule has 2 aromatic heterocycles. The van der Waals surface area contributed by atoms with Crippen molar-refractivity contribution in [2.75, 3.05) is 13.2 Å². The molecule has 4 rings (SSSR count). The Hall–Kier alpha value is -2.73. The fraction of sp³-hybridized carbons (Fsp3) is 0.381. The molecular formula is C21H24N4O2. The van der Waals surface area contributed by atoms with Gasteiger partial charge in [-0.1, -0.05) is 37.5 Å². The SMILES string of the molecule is O=C(c1cnc2c(c1)ncn2-c1ccccc1)N(CCO)C1CCCCC1. The van der Waals surface area contributed by atoms with Crippen LogP contribution in [0, 0.1) is 0 Å². The van der Waals surface area contributed by atoms with Gasteiger partial charge in [-0.05, 0) is 31.0 Å². The maximum absolute atomic E-state index is 13.1. The Morgan fingerprint density at radius 1 is 1.15 bits per heavy atom. The van der Waals surface area contributed by atoms with E-state index in [0.717, 1.165) is 37.0 Å². The van der Waals surface area contributed by atoms with Crippen molar-refractivity contribution < 1.29 is 9.90 Å². The van der Waals surface area contributed by atoms with E-state index in [1.807, 2.05) is 39.8 Å². The Bertz CT molecular complexity index is 916. The molecule has 1 aliphatic rings. The number of nitrogens with zero attached hydrogens (tertiary/aromatic N) is 4. The van der Waals surface area contributed by atoms with Crippen molar-refractivity contribution in [2.45, 2.75) is 38.1 Å². The summed E-state index contributed by atoms with van der Waals surface area (Å²) < 4.78 is 1.91. The van der Waals surface area contributed by atoms with Crippen LogP contribution in [0.15, 0.2) is 48.9 Å². The Morgan fingerprint density at radius 2 is 1.93 bits per heavy atom. The van der Waals surface area contributed by atoms with Crippen molar-refractivity contribution in [1.82, 2.24) is 19.4 Å². The summed E-state index contributed by atoms with van der Waals surface area (Å²) in [4.78, 5) is 23.9. The summed E-state index contributed by atoms with van der Waals surface area (Å²) in [5.74, 6) is -0.0698. The van der Waals surface area contributed by atoms with E-state index in [4.69, 9.17) is 0 Å². The number of rotatable bonds is 5. The summed E-state index contributed by atoms with van der Waals surface area (Å²) in [6.07, 6.45) is 8.86. The van der Waals surface area contributed by atoms with Crippen molar-refractivity contribution in [3.05, 3.63) is 54.5 Å². The van der Waals surface area contributed by atoms with Crippen molar-refractivity contribution in [2.24, 2.45) is 0 Å². The zero-order valence-electron chi connectivity index (χ0n) is 15.3. The van der Waals surface area contributed by atoms with Crippen LogP contribution in [0.25, 0.3) is 16.9 Å². The van der Waals surface area contributed by atoms with E-state index in [1.54, 1.807) is 18.6 Å². The van der Waals surface area contributed by atoms with Gasteiger partial charge in [0.2, 0.25) is 0 Å². The maximum Gasteiger partial charge on any atom is 0.255 e. The number of benzene rings is 1. The minimum atomic E-state index is -0.0698. The molecule has 3 aromatic rings. The molecule has 0 radical (unpaired) electrons. The molecule has 0 spiro atoms. The number of fused-ring (bicyclic) bond motifs is 1. The van der Waals surface area contributed by atoms with Crippen LogP contribution in [0.5, 0.6) is 0 Å². The lowest BCUT2D eigenvalue weighted by molar-refractivity contribution is 0.0585. The number of carbonyl (C=O) groups excluding carboxylic acids is 1. The van der Waals surface area contributed by atoms with Crippen LogP contribution in [0.1, 0.15) is 42.5 Å². The molecule has 0 atom stereocenters. The van der Waals surface area contributed by atoms with Gasteiger partial charge in [-0.2, -0.15) is 0 Å². The fourth-order valence-corrected chi connectivity index (χ4v) is 3.91. The van der Waals surface area contributed by atoms with Gasteiger partial charge in [-0.25, -0.2) is 9.97 Å². The first-order chi connectivity index (χ1) is 13.3. The van der Waals surface area contributed by atoms with Gasteiger partial charge >= 0.3 is 0 Å². The van der Waals surface area contributed by atoms with E-state index in [0.29, 0.717) is 17.6 Å². The lowest BCUT2D eigenvalue weighted by atomic mass is 9.93. The van der Waals surface area contributed by atoms with Gasteiger partial charge in [0.15, 0.2) is 5.65 Å². The van der Waals surface area contributed by atoms with Gasteiger partial charge in [0.1, 0.15) is 11.8 Å². The highest BCUT2D eigenvalue weighted by atomic mass is 16.3. The summed E-state index contributed by atoms with van der Waals surface area (Å²) in [5, 5.41) is 9.44. The Labute approximate surface area is 158 Å². The van der Waals surface area contributed by atoms with Gasteiger partial charge < -0.3 is 10.0 Å². The highest BCUT2D eigenvalue weighted by Gasteiger charge is 2.26. The summed E-state index contributed by atoms with van der Waals surface area (Å²) in [7, 11) is 0. The molecule has 1 fully saturated rings. The molecular weight excluding hydrogens is 340 g/mol. The number of amides is 1. The zero-order valence-corrected chi connectivity index (χ0v) is 15.3. The zero-order chi connectivity index (χ0) is 18.6. The van der Waals surface area contributed by atoms with Crippen LogP contribution >= 0.6 is 0 Å². The fourth-order valence-electron chi connectivity index (χ4n) is 3.91. The lowest BCUT2D eigenvalue weighted by Crippen LogP contribution is -2.43. The number of pyridine rings is 1. The molecule has 27 heavy (non-hydrogen) atoms. The van der Waals surface area contributed by atoms with Gasteiger partial charge in [0, 0.05) is 24.5 Å². The molecule has 1 aromatic carbocycles. The minimum Gasteiger partial charge on any atom is -0.395 e. The third-order valence-electron chi connectivity index (χ3n) is 5.29. The second kappa shape index (κ2) is 7.88. The molecule has 0 bridgehead atoms. The third kappa shape index (κ3) is 3.57. The molecule has 2 heterocycles. The topological polar surface area (TPSA) is 71.2 Å². The van der Waals surface area contributed by atoms with Gasteiger partial charge in [-0.3, -0.25) is 9.36 Å². The maximum atomic E-state index is 13.1. The number of aliphatic hydroxyl groups is 1. The monoisotopic (exact) mass is 364 g/mol. The average Bonchev–Trinajstić information content (AvgIpc) is 3.16. The number of hydrogen-bond donors (Lipinski definition) is 1. The third-order valence-corrected chi connectivity index (χ3v) is 5.29. The van der Waals surface area contributed by atoms with Gasteiger partial charge in [-0.15, -0.1) is 0 Å². The lowest BCUT2D eigenvalue weighted by Gasteiger charge is -2.34. The molecule has 1 N–H and O–H groups in total. The second-order valence-electron chi connectivity index (χ2n) is 7.03. The first-order valence-corrected chi connectivity index (χ1v) is 9.58. The number of aromatic nitrogens is 3. The molecule has 1 saturated carbocycles. The van der Waals surface area contributed by atoms with E-state index in [2.05, 4.69) is 9.97 Å². The highest BCUT2D eigenvalue weighted by molar-refractivity contribution is 5.96. The van der Waals surface area contributed by atoms with Crippen molar-refractivity contribution in [3.63, 3.8) is 0 Å². The molecule has 1 amide bonds. The van der Waals surface area contributed by atoms with Gasteiger partial charge in [0.25, 0.3) is 5.91 Å². The van der Waals surface area contributed by atoms with Gasteiger partial charge in [0.05, 0.1) is 12.2 Å². The van der Waals surface area contributed by atoms with Crippen molar-refractivity contribution in [1.29, 1.82) is 0 Å². The first kappa shape index (κ1) is 17.7. The predicted octanol–water partition coefficient (Wildman–Crippen LogP) is 3.19. The van der Waals surface area contributed by atoms with Crippen LogP contribution < -0.4 is 0 Å². The number of imidazole rings is 1. The molecule has 1 aliphatic carbocycles. The average molecular weight is 364 g/mol. The van der Waals surface area contributed by atoms with E-state index < -0.39 is 0 Å². The summed E-state index contributed by atoms with van der Waals surface area (Å²) in [6, 6.07) is 11.9. The quantitative estimate of drug-likeness (QED) is 0.755. The van der Waals surface area contributed by atoms with Crippen LogP contribution in [0.2, 0.25) is 0 Å². The first-order valence-electron chi connectivity index (χ1n) is 9.58. The molecule has 0 unspecified atom stereocenters. The molecule has 6 nitrogen and oxygen atoms in total. The van der Waals surface area contributed by atoms with E-state index in [9.17, 15) is 9.90 Å². The number of hydrogen-bond acceptors (Lipinski definition) is 4. The minimum absolute atomic E-state index is 0.0272.